The largest absolute Gasteiger partial charge is 0.465 e. The van der Waals surface area contributed by atoms with Gasteiger partial charge < -0.3 is 4.74 Å². The molecule has 0 aliphatic carbocycles. The minimum Gasteiger partial charge on any atom is -0.465 e. The van der Waals surface area contributed by atoms with Gasteiger partial charge >= 0.3 is 5.97 Å². The van der Waals surface area contributed by atoms with Crippen molar-refractivity contribution in [3.8, 4) is 0 Å². The van der Waals surface area contributed by atoms with Crippen LogP contribution in [-0.4, -0.2) is 30.6 Å². The summed E-state index contributed by atoms with van der Waals surface area (Å²) in [4.78, 5) is 14.4. The van der Waals surface area contributed by atoms with Crippen LogP contribution in [0.4, 0.5) is 0 Å². The number of likely N-dealkylation sites (tertiary alicyclic amines) is 1. The van der Waals surface area contributed by atoms with Crippen molar-refractivity contribution in [3.05, 3.63) is 107 Å². The van der Waals surface area contributed by atoms with Gasteiger partial charge in [0, 0.05) is 12.6 Å². The molecule has 1 heterocycles. The van der Waals surface area contributed by atoms with E-state index >= 15 is 0 Å². The van der Waals surface area contributed by atoms with Crippen molar-refractivity contribution in [1.29, 1.82) is 0 Å². The highest BCUT2D eigenvalue weighted by Gasteiger charge is 2.31. The third-order valence-electron chi connectivity index (χ3n) is 6.42. The van der Waals surface area contributed by atoms with Gasteiger partial charge in [0.1, 0.15) is 0 Å². The summed E-state index contributed by atoms with van der Waals surface area (Å²) in [5.41, 5.74) is 4.67. The molecule has 1 aliphatic heterocycles. The Bertz CT molecular complexity index is 953. The molecule has 1 fully saturated rings. The van der Waals surface area contributed by atoms with E-state index in [-0.39, 0.29) is 5.97 Å². The van der Waals surface area contributed by atoms with E-state index < -0.39 is 0 Å². The van der Waals surface area contributed by atoms with Crippen molar-refractivity contribution in [2.24, 2.45) is 5.92 Å². The molecule has 1 aliphatic rings. The van der Waals surface area contributed by atoms with Gasteiger partial charge in [-0.2, -0.15) is 0 Å². The first-order valence-electron chi connectivity index (χ1n) is 11.2. The zero-order valence-corrected chi connectivity index (χ0v) is 18.2. The number of piperidine rings is 1. The third-order valence-corrected chi connectivity index (χ3v) is 6.42. The Morgan fingerprint density at radius 3 is 2.06 bits per heavy atom. The number of esters is 1. The molecule has 3 aromatic rings. The van der Waals surface area contributed by atoms with E-state index in [2.05, 4.69) is 77.7 Å². The van der Waals surface area contributed by atoms with Crippen LogP contribution in [-0.2, 0) is 24.1 Å². The summed E-state index contributed by atoms with van der Waals surface area (Å²) in [7, 11) is 1.42. The van der Waals surface area contributed by atoms with Crippen LogP contribution in [0.3, 0.4) is 0 Å². The number of hydrogen-bond acceptors (Lipinski definition) is 3. The lowest BCUT2D eigenvalue weighted by Crippen LogP contribution is -2.46. The van der Waals surface area contributed by atoms with E-state index in [1.165, 1.54) is 36.6 Å². The predicted molar refractivity (Wildman–Crippen MR) is 125 cm³/mol. The Hall–Kier alpha value is -2.91. The van der Waals surface area contributed by atoms with E-state index in [9.17, 15) is 4.79 Å². The monoisotopic (exact) mass is 413 g/mol. The number of ether oxygens (including phenoxy) is 1. The van der Waals surface area contributed by atoms with Gasteiger partial charge in [-0.25, -0.2) is 4.79 Å². The highest BCUT2D eigenvalue weighted by Crippen LogP contribution is 2.31. The summed E-state index contributed by atoms with van der Waals surface area (Å²) in [6.07, 6.45) is 4.68. The van der Waals surface area contributed by atoms with Crippen molar-refractivity contribution >= 4 is 5.97 Å². The average Bonchev–Trinajstić information content (AvgIpc) is 2.82. The van der Waals surface area contributed by atoms with Crippen LogP contribution < -0.4 is 0 Å². The first-order chi connectivity index (χ1) is 15.2. The Morgan fingerprint density at radius 1 is 0.839 bits per heavy atom. The zero-order valence-electron chi connectivity index (χ0n) is 18.2. The lowest BCUT2D eigenvalue weighted by molar-refractivity contribution is 0.0600. The van der Waals surface area contributed by atoms with Crippen LogP contribution in [0.2, 0.25) is 0 Å². The SMILES string of the molecule is COC(=O)c1ccc(CN2CCCC(Cc3ccccc3)C2Cc2ccccc2)cc1. The van der Waals surface area contributed by atoms with Crippen LogP contribution in [0.5, 0.6) is 0 Å². The van der Waals surface area contributed by atoms with Gasteiger partial charge in [-0.3, -0.25) is 4.90 Å². The van der Waals surface area contributed by atoms with Crippen LogP contribution in [0.15, 0.2) is 84.9 Å². The van der Waals surface area contributed by atoms with Gasteiger partial charge in [0.25, 0.3) is 0 Å². The van der Waals surface area contributed by atoms with Crippen molar-refractivity contribution in [1.82, 2.24) is 4.90 Å². The number of methoxy groups -OCH3 is 1. The normalized spacial score (nSPS) is 19.1. The number of rotatable bonds is 7. The smallest absolute Gasteiger partial charge is 0.337 e. The number of benzene rings is 3. The van der Waals surface area contributed by atoms with Gasteiger partial charge in [-0.15, -0.1) is 0 Å². The molecule has 4 rings (SSSR count). The maximum absolute atomic E-state index is 11.8. The zero-order chi connectivity index (χ0) is 21.5. The minimum atomic E-state index is -0.283. The fraction of sp³-hybridized carbons (Fsp3) is 0.321. The van der Waals surface area contributed by atoms with E-state index in [0.717, 1.165) is 25.9 Å². The second-order valence-corrected chi connectivity index (χ2v) is 8.51. The summed E-state index contributed by atoms with van der Waals surface area (Å²) in [6.45, 7) is 2.02. The van der Waals surface area contributed by atoms with Crippen molar-refractivity contribution < 1.29 is 9.53 Å². The Labute approximate surface area is 185 Å². The number of carbonyl (C=O) groups is 1. The highest BCUT2D eigenvalue weighted by molar-refractivity contribution is 5.89. The summed E-state index contributed by atoms with van der Waals surface area (Å²) >= 11 is 0. The van der Waals surface area contributed by atoms with Crippen LogP contribution >= 0.6 is 0 Å². The topological polar surface area (TPSA) is 29.5 Å². The van der Waals surface area contributed by atoms with Crippen molar-refractivity contribution in [3.63, 3.8) is 0 Å². The lowest BCUT2D eigenvalue weighted by atomic mass is 9.81. The van der Waals surface area contributed by atoms with E-state index in [1.54, 1.807) is 0 Å². The molecule has 31 heavy (non-hydrogen) atoms. The van der Waals surface area contributed by atoms with Crippen LogP contribution in [0.1, 0.15) is 39.9 Å². The second kappa shape index (κ2) is 10.4. The summed E-state index contributed by atoms with van der Waals surface area (Å²) in [5.74, 6) is 0.347. The molecule has 0 N–H and O–H groups in total. The molecule has 0 amide bonds. The molecule has 0 spiro atoms. The molecule has 160 valence electrons. The van der Waals surface area contributed by atoms with E-state index in [1.807, 2.05) is 12.1 Å². The molecule has 2 atom stereocenters. The number of hydrogen-bond donors (Lipinski definition) is 0. The fourth-order valence-electron chi connectivity index (χ4n) is 4.81. The molecule has 0 saturated carbocycles. The predicted octanol–water partition coefficient (Wildman–Crippen LogP) is 5.54. The second-order valence-electron chi connectivity index (χ2n) is 8.51. The molecule has 1 saturated heterocycles. The summed E-state index contributed by atoms with van der Waals surface area (Å²) in [6, 6.07) is 30.1. The van der Waals surface area contributed by atoms with E-state index in [4.69, 9.17) is 4.74 Å². The van der Waals surface area contributed by atoms with Crippen LogP contribution in [0, 0.1) is 5.92 Å². The van der Waals surface area contributed by atoms with E-state index in [0.29, 0.717) is 17.5 Å². The molecular formula is C28H31NO2. The molecule has 2 unspecified atom stereocenters. The van der Waals surface area contributed by atoms with Crippen molar-refractivity contribution in [2.75, 3.05) is 13.7 Å². The first kappa shape index (κ1) is 21.3. The molecule has 0 radical (unpaired) electrons. The third kappa shape index (κ3) is 5.62. The maximum Gasteiger partial charge on any atom is 0.337 e. The van der Waals surface area contributed by atoms with Crippen molar-refractivity contribution in [2.45, 2.75) is 38.3 Å². The number of nitrogens with zero attached hydrogens (tertiary/aromatic N) is 1. The minimum absolute atomic E-state index is 0.283. The first-order valence-corrected chi connectivity index (χ1v) is 11.2. The van der Waals surface area contributed by atoms with Gasteiger partial charge in [0.2, 0.25) is 0 Å². The van der Waals surface area contributed by atoms with Crippen LogP contribution in [0.25, 0.3) is 0 Å². The number of carbonyl (C=O) groups excluding carboxylic acids is 1. The Morgan fingerprint density at radius 2 is 1.45 bits per heavy atom. The van der Waals surface area contributed by atoms with Gasteiger partial charge in [-0.1, -0.05) is 72.8 Å². The van der Waals surface area contributed by atoms with Gasteiger partial charge in [0.05, 0.1) is 12.7 Å². The molecule has 3 aromatic carbocycles. The summed E-state index contributed by atoms with van der Waals surface area (Å²) in [5, 5.41) is 0. The lowest BCUT2D eigenvalue weighted by Gasteiger charge is -2.42. The average molecular weight is 414 g/mol. The molecule has 3 heteroatoms. The fourth-order valence-corrected chi connectivity index (χ4v) is 4.81. The summed E-state index contributed by atoms with van der Waals surface area (Å²) < 4.78 is 4.83. The Balaban J connectivity index is 1.54. The molecule has 3 nitrogen and oxygen atoms in total. The molecular weight excluding hydrogens is 382 g/mol. The molecule has 0 aromatic heterocycles. The maximum atomic E-state index is 11.8. The molecule has 0 bridgehead atoms. The highest BCUT2D eigenvalue weighted by atomic mass is 16.5. The quantitative estimate of drug-likeness (QED) is 0.476. The van der Waals surface area contributed by atoms with Gasteiger partial charge in [0.15, 0.2) is 0 Å². The Kier molecular flexibility index (Phi) is 7.16. The van der Waals surface area contributed by atoms with Gasteiger partial charge in [-0.05, 0) is 67.0 Å². The standard InChI is InChI=1S/C28H31NO2/c1-31-28(30)25-16-14-24(15-17-25)21-29-18-8-13-26(19-22-9-4-2-5-10-22)27(29)20-23-11-6-3-7-12-23/h2-7,9-12,14-17,26-27H,8,13,18-21H2,1H3.